The third kappa shape index (κ3) is 4.63. The number of halogens is 1. The highest BCUT2D eigenvalue weighted by molar-refractivity contribution is 6.31. The van der Waals surface area contributed by atoms with Gasteiger partial charge >= 0.3 is 0 Å². The molecule has 1 saturated heterocycles. The van der Waals surface area contributed by atoms with Crippen LogP contribution in [0.25, 0.3) is 5.69 Å². The van der Waals surface area contributed by atoms with Crippen LogP contribution < -0.4 is 5.32 Å². The van der Waals surface area contributed by atoms with Crippen LogP contribution in [-0.4, -0.2) is 34.4 Å². The minimum Gasteiger partial charge on any atom is -0.333 e. The monoisotopic (exact) mass is 359 g/mol. The summed E-state index contributed by atoms with van der Waals surface area (Å²) in [5, 5.41) is 3.52. The number of rotatable bonds is 4. The third-order valence-electron chi connectivity index (χ3n) is 4.37. The summed E-state index contributed by atoms with van der Waals surface area (Å²) in [5.41, 5.74) is 1.47. The molecule has 0 atom stereocenters. The quantitative estimate of drug-likeness (QED) is 0.901. The van der Waals surface area contributed by atoms with Gasteiger partial charge in [-0.3, -0.25) is 9.59 Å². The highest BCUT2D eigenvalue weighted by Gasteiger charge is 2.19. The molecule has 3 rings (SSSR count). The van der Waals surface area contributed by atoms with Crippen molar-refractivity contribution < 1.29 is 9.59 Å². The minimum absolute atomic E-state index is 0.0663. The molecule has 0 bridgehead atoms. The zero-order valence-corrected chi connectivity index (χ0v) is 14.8. The first-order valence-electron chi connectivity index (χ1n) is 8.64. The highest BCUT2D eigenvalue weighted by atomic mass is 35.5. The molecule has 2 amide bonds. The number of carbonyl (C=O) groups excluding carboxylic acids is 2. The summed E-state index contributed by atoms with van der Waals surface area (Å²) >= 11 is 6.10. The van der Waals surface area contributed by atoms with E-state index in [0.717, 1.165) is 31.4 Å². The largest absolute Gasteiger partial charge is 0.333 e. The van der Waals surface area contributed by atoms with Gasteiger partial charge in [-0.15, -0.1) is 0 Å². The van der Waals surface area contributed by atoms with Gasteiger partial charge in [-0.25, -0.2) is 0 Å². The van der Waals surface area contributed by atoms with Crippen molar-refractivity contribution in [1.82, 2.24) is 9.47 Å². The van der Waals surface area contributed by atoms with Crippen molar-refractivity contribution >= 4 is 29.1 Å². The molecule has 0 radical (unpaired) electrons. The van der Waals surface area contributed by atoms with Gasteiger partial charge in [0.2, 0.25) is 11.8 Å². The van der Waals surface area contributed by atoms with Crippen LogP contribution in [0.1, 0.15) is 32.1 Å². The highest BCUT2D eigenvalue weighted by Crippen LogP contribution is 2.24. The van der Waals surface area contributed by atoms with Gasteiger partial charge in [0.05, 0.1) is 17.9 Å². The first-order valence-corrected chi connectivity index (χ1v) is 9.02. The molecule has 6 heteroatoms. The molecule has 1 aliphatic rings. The molecular weight excluding hydrogens is 338 g/mol. The number of benzene rings is 1. The van der Waals surface area contributed by atoms with E-state index >= 15 is 0 Å². The first-order chi connectivity index (χ1) is 12.1. The number of carbonyl (C=O) groups is 2. The van der Waals surface area contributed by atoms with Gasteiger partial charge < -0.3 is 14.8 Å². The second kappa shape index (κ2) is 8.21. The van der Waals surface area contributed by atoms with Crippen molar-refractivity contribution in [3.8, 4) is 5.69 Å². The maximum atomic E-state index is 12.5. The fourth-order valence-corrected chi connectivity index (χ4v) is 3.23. The zero-order valence-electron chi connectivity index (χ0n) is 14.1. The van der Waals surface area contributed by atoms with Crippen LogP contribution in [0.15, 0.2) is 42.7 Å². The van der Waals surface area contributed by atoms with Gasteiger partial charge in [0, 0.05) is 30.4 Å². The average Bonchev–Trinajstić information content (AvgIpc) is 3.10. The fourth-order valence-electron chi connectivity index (χ4n) is 3.06. The van der Waals surface area contributed by atoms with Gasteiger partial charge in [-0.05, 0) is 43.2 Å². The lowest BCUT2D eigenvalue weighted by Gasteiger charge is -2.24. The van der Waals surface area contributed by atoms with Crippen LogP contribution in [0, 0.1) is 0 Å². The molecule has 2 heterocycles. The lowest BCUT2D eigenvalue weighted by atomic mass is 10.1. The predicted molar refractivity (Wildman–Crippen MR) is 99.1 cm³/mol. The van der Waals surface area contributed by atoms with Gasteiger partial charge in [0.15, 0.2) is 0 Å². The standard InChI is InChI=1S/C19H22ClN3O2/c20-15-8-9-16(17(13-15)22-10-5-6-11-22)21-18(24)14-23-12-4-2-1-3-7-19(23)25/h5-6,8-11,13H,1-4,7,12,14H2,(H,21,24). The van der Waals surface area contributed by atoms with Crippen molar-refractivity contribution in [2.75, 3.05) is 18.4 Å². The fraction of sp³-hybridized carbons (Fsp3) is 0.368. The number of nitrogens with zero attached hydrogens (tertiary/aromatic N) is 2. The van der Waals surface area contributed by atoms with E-state index in [0.29, 0.717) is 23.7 Å². The Balaban J connectivity index is 1.71. The molecule has 0 unspecified atom stereocenters. The summed E-state index contributed by atoms with van der Waals surface area (Å²) in [6.45, 7) is 0.740. The molecule has 1 aliphatic heterocycles. The van der Waals surface area contributed by atoms with E-state index in [4.69, 9.17) is 11.6 Å². The second-order valence-electron chi connectivity index (χ2n) is 6.28. The summed E-state index contributed by atoms with van der Waals surface area (Å²) < 4.78 is 1.89. The molecule has 0 aliphatic carbocycles. The lowest BCUT2D eigenvalue weighted by molar-refractivity contribution is -0.135. The normalized spacial score (nSPS) is 15.6. The van der Waals surface area contributed by atoms with Crippen LogP contribution in [0.4, 0.5) is 5.69 Å². The van der Waals surface area contributed by atoms with Crippen molar-refractivity contribution in [3.63, 3.8) is 0 Å². The Morgan fingerprint density at radius 2 is 1.88 bits per heavy atom. The molecule has 2 aromatic rings. The van der Waals surface area contributed by atoms with Gasteiger partial charge in [0.25, 0.3) is 0 Å². The van der Waals surface area contributed by atoms with Crippen LogP contribution in [0.5, 0.6) is 0 Å². The molecule has 5 nitrogen and oxygen atoms in total. The molecule has 0 spiro atoms. The van der Waals surface area contributed by atoms with Crippen molar-refractivity contribution in [3.05, 3.63) is 47.7 Å². The van der Waals surface area contributed by atoms with E-state index in [1.165, 1.54) is 0 Å². The van der Waals surface area contributed by atoms with E-state index in [2.05, 4.69) is 5.32 Å². The molecule has 1 N–H and O–H groups in total. The Labute approximate surface area is 152 Å². The maximum Gasteiger partial charge on any atom is 0.244 e. The van der Waals surface area contributed by atoms with Gasteiger partial charge in [-0.1, -0.05) is 24.4 Å². The van der Waals surface area contributed by atoms with E-state index in [9.17, 15) is 9.59 Å². The van der Waals surface area contributed by atoms with E-state index in [-0.39, 0.29) is 18.4 Å². The number of likely N-dealkylation sites (tertiary alicyclic amines) is 1. The summed E-state index contributed by atoms with van der Waals surface area (Å²) in [5.74, 6) is -0.124. The smallest absolute Gasteiger partial charge is 0.244 e. The number of hydrogen-bond acceptors (Lipinski definition) is 2. The molecule has 1 fully saturated rings. The van der Waals surface area contributed by atoms with E-state index < -0.39 is 0 Å². The summed E-state index contributed by atoms with van der Waals surface area (Å²) in [4.78, 5) is 26.3. The Kier molecular flexibility index (Phi) is 5.76. The van der Waals surface area contributed by atoms with E-state index in [1.807, 2.05) is 29.1 Å². The number of anilines is 1. The summed E-state index contributed by atoms with van der Waals surface area (Å²) in [7, 11) is 0. The predicted octanol–water partition coefficient (Wildman–Crippen LogP) is 3.86. The van der Waals surface area contributed by atoms with Gasteiger partial charge in [0.1, 0.15) is 0 Å². The summed E-state index contributed by atoms with van der Waals surface area (Å²) in [6, 6.07) is 9.14. The minimum atomic E-state index is -0.190. The van der Waals surface area contributed by atoms with Crippen LogP contribution in [0.3, 0.4) is 0 Å². The Morgan fingerprint density at radius 1 is 1.12 bits per heavy atom. The molecule has 132 valence electrons. The Hall–Kier alpha value is -2.27. The van der Waals surface area contributed by atoms with Gasteiger partial charge in [-0.2, -0.15) is 0 Å². The molecule has 0 saturated carbocycles. The number of nitrogens with one attached hydrogen (secondary N) is 1. The SMILES string of the molecule is O=C(CN1CCCCCCC1=O)Nc1ccc(Cl)cc1-n1cccc1. The second-order valence-corrected chi connectivity index (χ2v) is 6.72. The van der Waals surface area contributed by atoms with Crippen molar-refractivity contribution in [2.24, 2.45) is 0 Å². The van der Waals surface area contributed by atoms with E-state index in [1.54, 1.807) is 23.1 Å². The topological polar surface area (TPSA) is 54.3 Å². The lowest BCUT2D eigenvalue weighted by Crippen LogP contribution is -2.39. The zero-order chi connectivity index (χ0) is 17.6. The summed E-state index contributed by atoms with van der Waals surface area (Å²) in [6.07, 6.45) is 8.38. The number of amides is 2. The average molecular weight is 360 g/mol. The molecule has 1 aromatic heterocycles. The first kappa shape index (κ1) is 17.5. The molecule has 1 aromatic carbocycles. The number of aromatic nitrogens is 1. The maximum absolute atomic E-state index is 12.5. The van der Waals surface area contributed by atoms with Crippen LogP contribution in [0.2, 0.25) is 5.02 Å². The third-order valence-corrected chi connectivity index (χ3v) is 4.61. The van der Waals surface area contributed by atoms with Crippen molar-refractivity contribution in [1.29, 1.82) is 0 Å². The van der Waals surface area contributed by atoms with Crippen LogP contribution >= 0.6 is 11.6 Å². The van der Waals surface area contributed by atoms with Crippen molar-refractivity contribution in [2.45, 2.75) is 32.1 Å². The molecule has 25 heavy (non-hydrogen) atoms. The molecular formula is C19H22ClN3O2. The Morgan fingerprint density at radius 3 is 2.68 bits per heavy atom. The number of hydrogen-bond donors (Lipinski definition) is 1. The van der Waals surface area contributed by atoms with Crippen LogP contribution in [-0.2, 0) is 9.59 Å². The Bertz CT molecular complexity index is 743.